The topological polar surface area (TPSA) is 49.8 Å². The molecule has 0 spiro atoms. The van der Waals surface area contributed by atoms with Gasteiger partial charge in [0.05, 0.1) is 6.54 Å². The molecule has 1 N–H and O–H groups in total. The van der Waals surface area contributed by atoms with E-state index in [2.05, 4.69) is 0 Å². The van der Waals surface area contributed by atoms with Crippen LogP contribution in [0.15, 0.2) is 0 Å². The average Bonchev–Trinajstić information content (AvgIpc) is 1.99. The van der Waals surface area contributed by atoms with E-state index in [0.29, 0.717) is 0 Å². The van der Waals surface area contributed by atoms with Gasteiger partial charge in [-0.15, -0.1) is 0 Å². The molecule has 0 saturated heterocycles. The van der Waals surface area contributed by atoms with Crippen molar-refractivity contribution in [3.8, 4) is 0 Å². The molecule has 1 atom stereocenters. The summed E-state index contributed by atoms with van der Waals surface area (Å²) < 4.78 is 31.1. The van der Waals surface area contributed by atoms with Crippen molar-refractivity contribution in [3.05, 3.63) is 0 Å². The van der Waals surface area contributed by atoms with E-state index in [1.807, 2.05) is 0 Å². The van der Waals surface area contributed by atoms with Crippen molar-refractivity contribution in [1.29, 1.82) is 0 Å². The lowest BCUT2D eigenvalue weighted by atomic mass is 10.2. The van der Waals surface area contributed by atoms with Gasteiger partial charge in [0.25, 0.3) is 5.92 Å². The van der Waals surface area contributed by atoms with E-state index in [-0.39, 0.29) is 0 Å². The lowest BCUT2D eigenvalue weighted by molar-refractivity contribution is -0.113. The third-order valence-electron chi connectivity index (χ3n) is 1.76. The first-order valence-electron chi connectivity index (χ1n) is 4.96. The molecular formula is C10H19F2NO3. The van der Waals surface area contributed by atoms with Gasteiger partial charge in [-0.05, 0) is 27.7 Å². The highest BCUT2D eigenvalue weighted by molar-refractivity contribution is 5.67. The fourth-order valence-corrected chi connectivity index (χ4v) is 0.853. The van der Waals surface area contributed by atoms with Gasteiger partial charge in [-0.2, -0.15) is 0 Å². The number of hydrogen-bond acceptors (Lipinski definition) is 3. The number of halogens is 2. The van der Waals surface area contributed by atoms with E-state index in [0.717, 1.165) is 11.8 Å². The number of nitrogens with zero attached hydrogens (tertiary/aromatic N) is 1. The summed E-state index contributed by atoms with van der Waals surface area (Å²) in [5.41, 5.74) is -0.731. The summed E-state index contributed by atoms with van der Waals surface area (Å²) in [6, 6.07) is 0. The zero-order valence-electron chi connectivity index (χ0n) is 10.3. The number of amides is 1. The molecular weight excluding hydrogens is 220 g/mol. The predicted octanol–water partition coefficient (Wildman–Crippen LogP) is 1.87. The van der Waals surface area contributed by atoms with E-state index in [4.69, 9.17) is 9.84 Å². The second kappa shape index (κ2) is 4.95. The number of aliphatic hydroxyl groups excluding tert-OH is 1. The average molecular weight is 239 g/mol. The van der Waals surface area contributed by atoms with Crippen molar-refractivity contribution in [2.45, 2.75) is 45.3 Å². The Morgan fingerprint density at radius 2 is 1.88 bits per heavy atom. The van der Waals surface area contributed by atoms with Crippen molar-refractivity contribution < 1.29 is 23.4 Å². The Hall–Kier alpha value is -0.910. The van der Waals surface area contributed by atoms with Crippen LogP contribution in [0.2, 0.25) is 0 Å². The monoisotopic (exact) mass is 239 g/mol. The Balaban J connectivity index is 4.37. The third-order valence-corrected chi connectivity index (χ3v) is 1.76. The van der Waals surface area contributed by atoms with Crippen LogP contribution in [0.3, 0.4) is 0 Å². The van der Waals surface area contributed by atoms with Gasteiger partial charge in [-0.3, -0.25) is 0 Å². The van der Waals surface area contributed by atoms with Crippen molar-refractivity contribution in [2.24, 2.45) is 0 Å². The normalized spacial score (nSPS) is 14.5. The standard InChI is InChI=1S/C10H19F2NO3/c1-7(14)10(11,12)6-13(5)8(15)16-9(2,3)4/h7,14H,6H2,1-5H3. The van der Waals surface area contributed by atoms with E-state index in [9.17, 15) is 13.6 Å². The molecule has 0 saturated carbocycles. The van der Waals surface area contributed by atoms with E-state index in [1.54, 1.807) is 20.8 Å². The Bertz CT molecular complexity index is 249. The minimum Gasteiger partial charge on any atom is -0.444 e. The van der Waals surface area contributed by atoms with Gasteiger partial charge in [0.15, 0.2) is 0 Å². The molecule has 6 heteroatoms. The molecule has 0 radical (unpaired) electrons. The van der Waals surface area contributed by atoms with Crippen LogP contribution >= 0.6 is 0 Å². The molecule has 0 aromatic rings. The zero-order chi connectivity index (χ0) is 13.1. The molecule has 0 aromatic heterocycles. The quantitative estimate of drug-likeness (QED) is 0.818. The SMILES string of the molecule is CC(O)C(F)(F)CN(C)C(=O)OC(C)(C)C. The summed E-state index contributed by atoms with van der Waals surface area (Å²) in [6.45, 7) is 5.03. The van der Waals surface area contributed by atoms with Crippen LogP contribution in [0.5, 0.6) is 0 Å². The van der Waals surface area contributed by atoms with Crippen molar-refractivity contribution in [2.75, 3.05) is 13.6 Å². The lowest BCUT2D eigenvalue weighted by Crippen LogP contribution is -2.45. The molecule has 0 heterocycles. The molecule has 0 fully saturated rings. The second-order valence-electron chi connectivity index (χ2n) is 4.77. The van der Waals surface area contributed by atoms with Crippen LogP contribution in [0.4, 0.5) is 13.6 Å². The number of carbonyl (C=O) groups is 1. The molecule has 96 valence electrons. The van der Waals surface area contributed by atoms with Gasteiger partial charge in [0.1, 0.15) is 11.7 Å². The fraction of sp³-hybridized carbons (Fsp3) is 0.900. The molecule has 0 bridgehead atoms. The van der Waals surface area contributed by atoms with E-state index >= 15 is 0 Å². The highest BCUT2D eigenvalue weighted by atomic mass is 19.3. The van der Waals surface area contributed by atoms with Crippen molar-refractivity contribution in [1.82, 2.24) is 4.90 Å². The van der Waals surface area contributed by atoms with Gasteiger partial charge in [0, 0.05) is 7.05 Å². The first-order valence-corrected chi connectivity index (χ1v) is 4.96. The lowest BCUT2D eigenvalue weighted by Gasteiger charge is -2.28. The number of rotatable bonds is 3. The minimum absolute atomic E-state index is 0.731. The maximum absolute atomic E-state index is 13.1. The molecule has 0 aromatic carbocycles. The molecule has 0 aliphatic carbocycles. The molecule has 0 rings (SSSR count). The maximum Gasteiger partial charge on any atom is 0.410 e. The predicted molar refractivity (Wildman–Crippen MR) is 55.5 cm³/mol. The first kappa shape index (κ1) is 15.1. The Kier molecular flexibility index (Phi) is 4.67. The van der Waals surface area contributed by atoms with Crippen LogP contribution in [-0.4, -0.2) is 47.3 Å². The van der Waals surface area contributed by atoms with E-state index in [1.165, 1.54) is 7.05 Å². The highest BCUT2D eigenvalue weighted by Crippen LogP contribution is 2.20. The smallest absolute Gasteiger partial charge is 0.410 e. The Morgan fingerprint density at radius 1 is 1.44 bits per heavy atom. The summed E-state index contributed by atoms with van der Waals surface area (Å²) in [5, 5.41) is 8.81. The van der Waals surface area contributed by atoms with Gasteiger partial charge < -0.3 is 14.7 Å². The van der Waals surface area contributed by atoms with Crippen molar-refractivity contribution >= 4 is 6.09 Å². The van der Waals surface area contributed by atoms with Gasteiger partial charge >= 0.3 is 6.09 Å². The number of aliphatic hydroxyl groups is 1. The number of alkyl halides is 2. The van der Waals surface area contributed by atoms with Crippen LogP contribution in [0, 0.1) is 0 Å². The highest BCUT2D eigenvalue weighted by Gasteiger charge is 2.38. The fourth-order valence-electron chi connectivity index (χ4n) is 0.853. The summed E-state index contributed by atoms with van der Waals surface area (Å²) in [7, 11) is 1.20. The minimum atomic E-state index is -3.34. The number of carbonyl (C=O) groups excluding carboxylic acids is 1. The van der Waals surface area contributed by atoms with Gasteiger partial charge in [-0.25, -0.2) is 13.6 Å². The molecule has 0 aliphatic rings. The number of ether oxygens (including phenoxy) is 1. The van der Waals surface area contributed by atoms with Crippen LogP contribution in [0.1, 0.15) is 27.7 Å². The van der Waals surface area contributed by atoms with Crippen LogP contribution < -0.4 is 0 Å². The Labute approximate surface area is 94.2 Å². The molecule has 1 unspecified atom stereocenters. The van der Waals surface area contributed by atoms with E-state index < -0.39 is 30.3 Å². The van der Waals surface area contributed by atoms with Gasteiger partial charge in [0.2, 0.25) is 0 Å². The summed E-state index contributed by atoms with van der Waals surface area (Å²) in [4.78, 5) is 12.1. The summed E-state index contributed by atoms with van der Waals surface area (Å²) >= 11 is 0. The van der Waals surface area contributed by atoms with Gasteiger partial charge in [-0.1, -0.05) is 0 Å². The maximum atomic E-state index is 13.1. The summed E-state index contributed by atoms with van der Waals surface area (Å²) in [5.74, 6) is -3.34. The molecule has 1 amide bonds. The third kappa shape index (κ3) is 5.25. The molecule has 0 aliphatic heterocycles. The molecule has 4 nitrogen and oxygen atoms in total. The molecule has 16 heavy (non-hydrogen) atoms. The van der Waals surface area contributed by atoms with Crippen LogP contribution in [-0.2, 0) is 4.74 Å². The van der Waals surface area contributed by atoms with Crippen molar-refractivity contribution in [3.63, 3.8) is 0 Å². The number of hydrogen-bond donors (Lipinski definition) is 1. The Morgan fingerprint density at radius 3 is 2.19 bits per heavy atom. The zero-order valence-corrected chi connectivity index (χ0v) is 10.3. The van der Waals surface area contributed by atoms with Crippen LogP contribution in [0.25, 0.3) is 0 Å². The second-order valence-corrected chi connectivity index (χ2v) is 4.77. The summed E-state index contributed by atoms with van der Waals surface area (Å²) in [6.07, 6.45) is -2.65. The largest absolute Gasteiger partial charge is 0.444 e. The first-order chi connectivity index (χ1) is 6.96.